The van der Waals surface area contributed by atoms with Crippen LogP contribution in [-0.4, -0.2) is 46.8 Å². The van der Waals surface area contributed by atoms with E-state index >= 15 is 0 Å². The van der Waals surface area contributed by atoms with Gasteiger partial charge in [0.1, 0.15) is 0 Å². The number of nitrogens with one attached hydrogen (secondary N) is 1. The maximum Gasteiger partial charge on any atom is 0.257 e. The van der Waals surface area contributed by atoms with E-state index in [0.29, 0.717) is 0 Å². The predicted octanol–water partition coefficient (Wildman–Crippen LogP) is 2.96. The summed E-state index contributed by atoms with van der Waals surface area (Å²) >= 11 is 0. The van der Waals surface area contributed by atoms with Crippen LogP contribution in [0.1, 0.15) is 47.8 Å². The third kappa shape index (κ3) is 3.93. The first-order valence-electron chi connectivity index (χ1n) is 10.3. The van der Waals surface area contributed by atoms with Crippen molar-refractivity contribution in [3.8, 4) is 0 Å². The van der Waals surface area contributed by atoms with Gasteiger partial charge >= 0.3 is 0 Å². The molecule has 1 aromatic heterocycles. The highest BCUT2D eigenvalue weighted by molar-refractivity contribution is 5.95. The third-order valence-electron chi connectivity index (χ3n) is 6.15. The molecule has 5 heteroatoms. The van der Waals surface area contributed by atoms with Crippen LogP contribution in [0.3, 0.4) is 0 Å². The van der Waals surface area contributed by atoms with E-state index in [9.17, 15) is 4.79 Å². The molecule has 0 unspecified atom stereocenters. The standard InChI is InChI=1S/C22H30N4O/c1-2-6-21-20(15-24-26(21)16-17-7-4-3-5-8-17)22(27)25-11-9-18-13-23-14-19(18)10-12-25/h3-5,7-8,15,18-19,23H,2,6,9-14,16H2,1H3/t18-,19+. The van der Waals surface area contributed by atoms with Crippen LogP contribution in [0.5, 0.6) is 0 Å². The molecule has 1 aromatic carbocycles. The fourth-order valence-corrected chi connectivity index (χ4v) is 4.57. The molecule has 2 aromatic rings. The normalized spacial score (nSPS) is 22.5. The maximum atomic E-state index is 13.3. The van der Waals surface area contributed by atoms with Crippen molar-refractivity contribution in [1.82, 2.24) is 20.0 Å². The lowest BCUT2D eigenvalue weighted by molar-refractivity contribution is 0.0757. The Hall–Kier alpha value is -2.14. The van der Waals surface area contributed by atoms with Crippen molar-refractivity contribution in [2.75, 3.05) is 26.2 Å². The first kappa shape index (κ1) is 18.2. The fourth-order valence-electron chi connectivity index (χ4n) is 4.57. The molecule has 0 radical (unpaired) electrons. The number of hydrogen-bond acceptors (Lipinski definition) is 3. The largest absolute Gasteiger partial charge is 0.339 e. The van der Waals surface area contributed by atoms with Gasteiger partial charge in [-0.1, -0.05) is 43.7 Å². The SMILES string of the molecule is CCCc1c(C(=O)N2CC[C@@H]3CNC[C@@H]3CC2)cnn1Cc1ccccc1. The second-order valence-corrected chi connectivity index (χ2v) is 7.95. The van der Waals surface area contributed by atoms with Crippen LogP contribution in [0.2, 0.25) is 0 Å². The van der Waals surface area contributed by atoms with E-state index in [1.165, 1.54) is 5.56 Å². The van der Waals surface area contributed by atoms with E-state index in [2.05, 4.69) is 34.4 Å². The topological polar surface area (TPSA) is 50.2 Å². The van der Waals surface area contributed by atoms with Gasteiger partial charge in [0.25, 0.3) is 5.91 Å². The number of aromatic nitrogens is 2. The Kier molecular flexibility index (Phi) is 5.58. The summed E-state index contributed by atoms with van der Waals surface area (Å²) in [7, 11) is 0. The van der Waals surface area contributed by atoms with Crippen LogP contribution < -0.4 is 5.32 Å². The van der Waals surface area contributed by atoms with E-state index in [1.54, 1.807) is 6.20 Å². The summed E-state index contributed by atoms with van der Waals surface area (Å²) in [5, 5.41) is 8.09. The number of rotatable bonds is 5. The number of amides is 1. The van der Waals surface area contributed by atoms with Gasteiger partial charge < -0.3 is 10.2 Å². The van der Waals surface area contributed by atoms with Crippen molar-refractivity contribution in [2.45, 2.75) is 39.2 Å². The summed E-state index contributed by atoms with van der Waals surface area (Å²) in [5.74, 6) is 1.64. The summed E-state index contributed by atoms with van der Waals surface area (Å²) in [6.45, 7) is 6.85. The first-order valence-corrected chi connectivity index (χ1v) is 10.3. The number of carbonyl (C=O) groups excluding carboxylic acids is 1. The zero-order valence-corrected chi connectivity index (χ0v) is 16.2. The van der Waals surface area contributed by atoms with Crippen LogP contribution in [0.25, 0.3) is 0 Å². The van der Waals surface area contributed by atoms with Crippen LogP contribution in [0.4, 0.5) is 0 Å². The highest BCUT2D eigenvalue weighted by Gasteiger charge is 2.32. The van der Waals surface area contributed by atoms with Gasteiger partial charge in [-0.25, -0.2) is 0 Å². The summed E-state index contributed by atoms with van der Waals surface area (Å²) in [5.41, 5.74) is 3.10. The van der Waals surface area contributed by atoms with Gasteiger partial charge in [0.2, 0.25) is 0 Å². The van der Waals surface area contributed by atoms with Crippen molar-refractivity contribution in [2.24, 2.45) is 11.8 Å². The van der Waals surface area contributed by atoms with E-state index in [4.69, 9.17) is 0 Å². The number of nitrogens with zero attached hydrogens (tertiary/aromatic N) is 3. The van der Waals surface area contributed by atoms with Crippen molar-refractivity contribution in [3.05, 3.63) is 53.3 Å². The molecule has 27 heavy (non-hydrogen) atoms. The Morgan fingerprint density at radius 3 is 2.52 bits per heavy atom. The van der Waals surface area contributed by atoms with E-state index in [-0.39, 0.29) is 5.91 Å². The van der Waals surface area contributed by atoms with E-state index in [0.717, 1.165) is 81.5 Å². The fraction of sp³-hybridized carbons (Fsp3) is 0.545. The van der Waals surface area contributed by atoms with Crippen molar-refractivity contribution in [3.63, 3.8) is 0 Å². The molecule has 2 atom stereocenters. The lowest BCUT2D eigenvalue weighted by Crippen LogP contribution is -2.33. The Morgan fingerprint density at radius 1 is 1.15 bits per heavy atom. The number of fused-ring (bicyclic) bond motifs is 1. The van der Waals surface area contributed by atoms with Gasteiger partial charge in [0, 0.05) is 13.1 Å². The lowest BCUT2D eigenvalue weighted by atomic mass is 9.92. The average Bonchev–Trinajstić information content (AvgIpc) is 3.25. The molecule has 2 fully saturated rings. The summed E-state index contributed by atoms with van der Waals surface area (Å²) in [4.78, 5) is 15.4. The third-order valence-corrected chi connectivity index (χ3v) is 6.15. The van der Waals surface area contributed by atoms with Crippen molar-refractivity contribution in [1.29, 1.82) is 0 Å². The molecule has 3 heterocycles. The average molecular weight is 367 g/mol. The number of hydrogen-bond donors (Lipinski definition) is 1. The Labute approximate surface area is 161 Å². The molecule has 0 bridgehead atoms. The summed E-state index contributed by atoms with van der Waals surface area (Å²) in [6, 6.07) is 10.3. The molecule has 0 saturated carbocycles. The quantitative estimate of drug-likeness (QED) is 0.885. The Bertz CT molecular complexity index is 756. The first-order chi connectivity index (χ1) is 13.3. The minimum absolute atomic E-state index is 0.172. The van der Waals surface area contributed by atoms with Gasteiger partial charge in [-0.2, -0.15) is 5.10 Å². The highest BCUT2D eigenvalue weighted by atomic mass is 16.2. The second kappa shape index (κ2) is 8.26. The van der Waals surface area contributed by atoms with Gasteiger partial charge in [-0.15, -0.1) is 0 Å². The maximum absolute atomic E-state index is 13.3. The van der Waals surface area contributed by atoms with E-state index in [1.807, 2.05) is 22.9 Å². The second-order valence-electron chi connectivity index (χ2n) is 7.95. The molecular formula is C22H30N4O. The zero-order chi connectivity index (χ0) is 18.6. The van der Waals surface area contributed by atoms with Gasteiger partial charge in [-0.05, 0) is 49.8 Å². The van der Waals surface area contributed by atoms with Crippen molar-refractivity contribution >= 4 is 5.91 Å². The Balaban J connectivity index is 1.52. The van der Waals surface area contributed by atoms with Crippen LogP contribution in [0.15, 0.2) is 36.5 Å². The predicted molar refractivity (Wildman–Crippen MR) is 107 cm³/mol. The Morgan fingerprint density at radius 2 is 1.85 bits per heavy atom. The summed E-state index contributed by atoms with van der Waals surface area (Å²) in [6.07, 6.45) is 5.92. The molecule has 144 valence electrons. The monoisotopic (exact) mass is 366 g/mol. The molecular weight excluding hydrogens is 336 g/mol. The smallest absolute Gasteiger partial charge is 0.257 e. The molecule has 2 aliphatic rings. The number of carbonyl (C=O) groups is 1. The van der Waals surface area contributed by atoms with Crippen LogP contribution >= 0.6 is 0 Å². The highest BCUT2D eigenvalue weighted by Crippen LogP contribution is 2.28. The molecule has 1 N–H and O–H groups in total. The van der Waals surface area contributed by atoms with Crippen LogP contribution in [-0.2, 0) is 13.0 Å². The number of likely N-dealkylation sites (tertiary alicyclic amines) is 1. The van der Waals surface area contributed by atoms with E-state index < -0.39 is 0 Å². The summed E-state index contributed by atoms with van der Waals surface area (Å²) < 4.78 is 2.02. The van der Waals surface area contributed by atoms with Crippen LogP contribution in [0, 0.1) is 11.8 Å². The zero-order valence-electron chi connectivity index (χ0n) is 16.2. The molecule has 0 aliphatic carbocycles. The molecule has 1 amide bonds. The molecule has 2 aliphatic heterocycles. The minimum Gasteiger partial charge on any atom is -0.339 e. The number of benzene rings is 1. The van der Waals surface area contributed by atoms with Gasteiger partial charge in [-0.3, -0.25) is 9.48 Å². The van der Waals surface area contributed by atoms with Crippen molar-refractivity contribution < 1.29 is 4.79 Å². The van der Waals surface area contributed by atoms with Gasteiger partial charge in [0.15, 0.2) is 0 Å². The molecule has 0 spiro atoms. The molecule has 5 nitrogen and oxygen atoms in total. The van der Waals surface area contributed by atoms with Gasteiger partial charge in [0.05, 0.1) is 24.0 Å². The molecule has 2 saturated heterocycles. The lowest BCUT2D eigenvalue weighted by Gasteiger charge is -2.21. The minimum atomic E-state index is 0.172. The molecule has 4 rings (SSSR count).